The van der Waals surface area contributed by atoms with Gasteiger partial charge >= 0.3 is 5.97 Å². The van der Waals surface area contributed by atoms with E-state index in [1.807, 2.05) is 13.8 Å². The summed E-state index contributed by atoms with van der Waals surface area (Å²) in [7, 11) is 0. The SMILES string of the molecule is CCN(CC)C(=O)CCNC(=O)C1CCCC1C(=O)O. The van der Waals surface area contributed by atoms with Gasteiger partial charge in [-0.15, -0.1) is 0 Å². The van der Waals surface area contributed by atoms with Gasteiger partial charge in [-0.2, -0.15) is 0 Å². The van der Waals surface area contributed by atoms with E-state index < -0.39 is 17.8 Å². The second kappa shape index (κ2) is 7.87. The molecule has 0 bridgehead atoms. The molecule has 0 heterocycles. The lowest BCUT2D eigenvalue weighted by molar-refractivity contribution is -0.146. The van der Waals surface area contributed by atoms with Gasteiger partial charge in [0.15, 0.2) is 0 Å². The van der Waals surface area contributed by atoms with Crippen molar-refractivity contribution in [2.75, 3.05) is 19.6 Å². The largest absolute Gasteiger partial charge is 0.481 e. The molecule has 1 saturated carbocycles. The highest BCUT2D eigenvalue weighted by atomic mass is 16.4. The minimum Gasteiger partial charge on any atom is -0.481 e. The highest BCUT2D eigenvalue weighted by Crippen LogP contribution is 2.31. The normalized spacial score (nSPS) is 21.5. The molecule has 6 heteroatoms. The molecule has 0 spiro atoms. The van der Waals surface area contributed by atoms with Crippen LogP contribution >= 0.6 is 0 Å². The topological polar surface area (TPSA) is 86.7 Å². The molecule has 0 radical (unpaired) electrons. The molecule has 2 unspecified atom stereocenters. The molecule has 1 fully saturated rings. The Morgan fingerprint density at radius 2 is 1.75 bits per heavy atom. The summed E-state index contributed by atoms with van der Waals surface area (Å²) in [5.41, 5.74) is 0. The van der Waals surface area contributed by atoms with Gasteiger partial charge in [0.25, 0.3) is 0 Å². The highest BCUT2D eigenvalue weighted by Gasteiger charge is 2.37. The number of rotatable bonds is 7. The molecule has 0 aromatic heterocycles. The molecule has 6 nitrogen and oxygen atoms in total. The minimum atomic E-state index is -0.901. The van der Waals surface area contributed by atoms with Gasteiger partial charge in [0.1, 0.15) is 0 Å². The van der Waals surface area contributed by atoms with E-state index in [0.29, 0.717) is 25.9 Å². The number of amides is 2. The molecule has 2 N–H and O–H groups in total. The van der Waals surface area contributed by atoms with Crippen molar-refractivity contribution in [2.45, 2.75) is 39.5 Å². The Hall–Kier alpha value is -1.59. The van der Waals surface area contributed by atoms with Crippen LogP contribution in [0.2, 0.25) is 0 Å². The third kappa shape index (κ3) is 4.21. The molecular weight excluding hydrogens is 260 g/mol. The van der Waals surface area contributed by atoms with Crippen LogP contribution in [-0.2, 0) is 14.4 Å². The summed E-state index contributed by atoms with van der Waals surface area (Å²) >= 11 is 0. The van der Waals surface area contributed by atoms with Crippen LogP contribution in [0.1, 0.15) is 39.5 Å². The number of nitrogens with one attached hydrogen (secondary N) is 1. The van der Waals surface area contributed by atoms with Crippen molar-refractivity contribution in [3.05, 3.63) is 0 Å². The van der Waals surface area contributed by atoms with E-state index >= 15 is 0 Å². The van der Waals surface area contributed by atoms with E-state index in [9.17, 15) is 14.4 Å². The average Bonchev–Trinajstić information content (AvgIpc) is 2.89. The number of aliphatic carboxylic acids is 1. The Kier molecular flexibility index (Phi) is 6.48. The first-order valence-corrected chi connectivity index (χ1v) is 7.29. The highest BCUT2D eigenvalue weighted by molar-refractivity contribution is 5.85. The first-order chi connectivity index (χ1) is 9.51. The van der Waals surface area contributed by atoms with Crippen molar-refractivity contribution in [3.8, 4) is 0 Å². The second-order valence-corrected chi connectivity index (χ2v) is 5.09. The predicted molar refractivity (Wildman–Crippen MR) is 74.0 cm³/mol. The zero-order valence-corrected chi connectivity index (χ0v) is 12.2. The van der Waals surface area contributed by atoms with Crippen LogP contribution in [0.4, 0.5) is 0 Å². The fraction of sp³-hybridized carbons (Fsp3) is 0.786. The van der Waals surface area contributed by atoms with Gasteiger partial charge in [0.05, 0.1) is 11.8 Å². The number of carboxylic acids is 1. The summed E-state index contributed by atoms with van der Waals surface area (Å²) in [6.45, 7) is 5.42. The predicted octanol–water partition coefficient (Wildman–Crippen LogP) is 0.862. The monoisotopic (exact) mass is 284 g/mol. The summed E-state index contributed by atoms with van der Waals surface area (Å²) in [5, 5.41) is 11.7. The fourth-order valence-electron chi connectivity index (χ4n) is 2.73. The lowest BCUT2D eigenvalue weighted by Crippen LogP contribution is -2.38. The molecule has 0 aliphatic heterocycles. The Bertz CT molecular complexity index is 366. The molecule has 1 aliphatic carbocycles. The fourth-order valence-corrected chi connectivity index (χ4v) is 2.73. The van der Waals surface area contributed by atoms with Gasteiger partial charge in [-0.1, -0.05) is 6.42 Å². The van der Waals surface area contributed by atoms with E-state index in [1.165, 1.54) is 0 Å². The van der Waals surface area contributed by atoms with Crippen molar-refractivity contribution in [1.29, 1.82) is 0 Å². The van der Waals surface area contributed by atoms with Crippen molar-refractivity contribution in [1.82, 2.24) is 10.2 Å². The van der Waals surface area contributed by atoms with Gasteiger partial charge in [-0.3, -0.25) is 14.4 Å². The Morgan fingerprint density at radius 3 is 2.30 bits per heavy atom. The molecule has 1 rings (SSSR count). The first kappa shape index (κ1) is 16.5. The van der Waals surface area contributed by atoms with Gasteiger partial charge < -0.3 is 15.3 Å². The van der Waals surface area contributed by atoms with Crippen LogP contribution in [0.15, 0.2) is 0 Å². The van der Waals surface area contributed by atoms with Crippen molar-refractivity contribution in [2.24, 2.45) is 11.8 Å². The van der Waals surface area contributed by atoms with Crippen LogP contribution in [0.3, 0.4) is 0 Å². The van der Waals surface area contributed by atoms with Crippen LogP contribution in [0.25, 0.3) is 0 Å². The molecule has 1 aliphatic rings. The summed E-state index contributed by atoms with van der Waals surface area (Å²) in [4.78, 5) is 36.4. The molecule has 0 aromatic carbocycles. The summed E-state index contributed by atoms with van der Waals surface area (Å²) in [5.74, 6) is -2.15. The van der Waals surface area contributed by atoms with Crippen LogP contribution in [0, 0.1) is 11.8 Å². The summed E-state index contributed by atoms with van der Waals surface area (Å²) in [6, 6.07) is 0. The Morgan fingerprint density at radius 1 is 1.15 bits per heavy atom. The van der Waals surface area contributed by atoms with Gasteiger partial charge in [-0.05, 0) is 26.7 Å². The maximum Gasteiger partial charge on any atom is 0.307 e. The number of hydrogen-bond donors (Lipinski definition) is 2. The lowest BCUT2D eigenvalue weighted by Gasteiger charge is -2.19. The molecule has 114 valence electrons. The molecule has 0 saturated heterocycles. The van der Waals surface area contributed by atoms with Crippen molar-refractivity contribution >= 4 is 17.8 Å². The molecular formula is C14H24N2O4. The number of carbonyl (C=O) groups excluding carboxylic acids is 2. The van der Waals surface area contributed by atoms with E-state index in [-0.39, 0.29) is 24.8 Å². The van der Waals surface area contributed by atoms with Gasteiger partial charge in [-0.25, -0.2) is 0 Å². The minimum absolute atomic E-state index is 0.0107. The number of nitrogens with zero attached hydrogens (tertiary/aromatic N) is 1. The standard InChI is InChI=1S/C14H24N2O4/c1-3-16(4-2)12(17)8-9-15-13(18)10-6-5-7-11(10)14(19)20/h10-11H,3-9H2,1-2H3,(H,15,18)(H,19,20). The maximum absolute atomic E-state index is 12.0. The lowest BCUT2D eigenvalue weighted by atomic mass is 9.95. The Balaban J connectivity index is 2.36. The van der Waals surface area contributed by atoms with Gasteiger partial charge in [0.2, 0.25) is 11.8 Å². The summed E-state index contributed by atoms with van der Waals surface area (Å²) < 4.78 is 0. The zero-order valence-electron chi connectivity index (χ0n) is 12.2. The number of carbonyl (C=O) groups is 3. The van der Waals surface area contributed by atoms with E-state index in [4.69, 9.17) is 5.11 Å². The summed E-state index contributed by atoms with van der Waals surface area (Å²) in [6.07, 6.45) is 2.21. The molecule has 20 heavy (non-hydrogen) atoms. The zero-order chi connectivity index (χ0) is 15.1. The third-order valence-electron chi connectivity index (χ3n) is 3.92. The quantitative estimate of drug-likeness (QED) is 0.726. The average molecular weight is 284 g/mol. The van der Waals surface area contributed by atoms with Crippen molar-refractivity contribution < 1.29 is 19.5 Å². The smallest absolute Gasteiger partial charge is 0.307 e. The van der Waals surface area contributed by atoms with Crippen molar-refractivity contribution in [3.63, 3.8) is 0 Å². The van der Waals surface area contributed by atoms with E-state index in [1.54, 1.807) is 4.90 Å². The van der Waals surface area contributed by atoms with E-state index in [2.05, 4.69) is 5.32 Å². The van der Waals surface area contributed by atoms with Crippen LogP contribution < -0.4 is 5.32 Å². The van der Waals surface area contributed by atoms with E-state index in [0.717, 1.165) is 6.42 Å². The molecule has 2 atom stereocenters. The molecule has 2 amide bonds. The maximum atomic E-state index is 12.0. The van der Waals surface area contributed by atoms with Gasteiger partial charge in [0, 0.05) is 26.1 Å². The second-order valence-electron chi connectivity index (χ2n) is 5.09. The Labute approximate surface area is 119 Å². The molecule has 0 aromatic rings. The number of carboxylic acid groups (broad SMARTS) is 1. The number of hydrogen-bond acceptors (Lipinski definition) is 3. The van der Waals surface area contributed by atoms with Crippen LogP contribution in [0.5, 0.6) is 0 Å². The first-order valence-electron chi connectivity index (χ1n) is 7.29. The van der Waals surface area contributed by atoms with Crippen LogP contribution in [-0.4, -0.2) is 47.4 Å². The third-order valence-corrected chi connectivity index (χ3v) is 3.92.